The number of primary amides is 1. The molecule has 1 aromatic rings. The SMILES string of the molecule is CCCCC(C(=O)OCC)c1cccc(N)c1C(N)=O. The first-order valence-electron chi connectivity index (χ1n) is 6.87. The van der Waals surface area contributed by atoms with Crippen molar-refractivity contribution in [1.29, 1.82) is 0 Å². The van der Waals surface area contributed by atoms with E-state index in [4.69, 9.17) is 16.2 Å². The van der Waals surface area contributed by atoms with Crippen molar-refractivity contribution in [2.45, 2.75) is 39.0 Å². The molecule has 4 N–H and O–H groups in total. The van der Waals surface area contributed by atoms with Crippen molar-refractivity contribution in [3.05, 3.63) is 29.3 Å². The minimum absolute atomic E-state index is 0.224. The van der Waals surface area contributed by atoms with E-state index < -0.39 is 11.8 Å². The van der Waals surface area contributed by atoms with Crippen LogP contribution in [0, 0.1) is 0 Å². The van der Waals surface area contributed by atoms with Crippen LogP contribution in [0.2, 0.25) is 0 Å². The molecule has 0 heterocycles. The Balaban J connectivity index is 3.22. The summed E-state index contributed by atoms with van der Waals surface area (Å²) < 4.78 is 5.10. The van der Waals surface area contributed by atoms with E-state index in [1.54, 1.807) is 25.1 Å². The highest BCUT2D eigenvalue weighted by molar-refractivity contribution is 6.01. The number of benzene rings is 1. The minimum Gasteiger partial charge on any atom is -0.466 e. The van der Waals surface area contributed by atoms with Gasteiger partial charge in [0.15, 0.2) is 0 Å². The highest BCUT2D eigenvalue weighted by Gasteiger charge is 2.26. The molecule has 0 aliphatic rings. The van der Waals surface area contributed by atoms with Crippen LogP contribution in [0.25, 0.3) is 0 Å². The highest BCUT2D eigenvalue weighted by Crippen LogP contribution is 2.29. The van der Waals surface area contributed by atoms with Gasteiger partial charge in [-0.3, -0.25) is 9.59 Å². The Morgan fingerprint density at radius 1 is 1.30 bits per heavy atom. The number of carbonyl (C=O) groups excluding carboxylic acids is 2. The first-order chi connectivity index (χ1) is 9.52. The predicted molar refractivity (Wildman–Crippen MR) is 78.3 cm³/mol. The number of amides is 1. The number of ether oxygens (including phenoxy) is 1. The van der Waals surface area contributed by atoms with Crippen LogP contribution in [0.5, 0.6) is 0 Å². The van der Waals surface area contributed by atoms with Crippen LogP contribution in [0.4, 0.5) is 5.69 Å². The first-order valence-corrected chi connectivity index (χ1v) is 6.87. The number of anilines is 1. The summed E-state index contributed by atoms with van der Waals surface area (Å²) in [5.74, 6) is -1.46. The van der Waals surface area contributed by atoms with Crippen LogP contribution in [0.3, 0.4) is 0 Å². The van der Waals surface area contributed by atoms with E-state index in [0.717, 1.165) is 12.8 Å². The molecule has 0 aliphatic heterocycles. The summed E-state index contributed by atoms with van der Waals surface area (Å²) in [4.78, 5) is 23.7. The van der Waals surface area contributed by atoms with Crippen LogP contribution in [-0.2, 0) is 9.53 Å². The second-order valence-corrected chi connectivity index (χ2v) is 4.62. The van der Waals surface area contributed by atoms with Crippen molar-refractivity contribution in [3.63, 3.8) is 0 Å². The Hall–Kier alpha value is -2.04. The van der Waals surface area contributed by atoms with Crippen molar-refractivity contribution in [1.82, 2.24) is 0 Å². The summed E-state index contributed by atoms with van der Waals surface area (Å²) in [7, 11) is 0. The van der Waals surface area contributed by atoms with E-state index in [9.17, 15) is 9.59 Å². The monoisotopic (exact) mass is 278 g/mol. The molecule has 5 nitrogen and oxygen atoms in total. The summed E-state index contributed by atoms with van der Waals surface area (Å²) in [6.07, 6.45) is 2.42. The van der Waals surface area contributed by atoms with Crippen LogP contribution < -0.4 is 11.5 Å². The van der Waals surface area contributed by atoms with Gasteiger partial charge in [-0.05, 0) is 25.0 Å². The number of rotatable bonds is 7. The van der Waals surface area contributed by atoms with Gasteiger partial charge < -0.3 is 16.2 Å². The molecular formula is C15H22N2O3. The number of nitrogens with two attached hydrogens (primary N) is 2. The average Bonchev–Trinajstić information content (AvgIpc) is 2.39. The van der Waals surface area contributed by atoms with E-state index in [2.05, 4.69) is 0 Å². The van der Waals surface area contributed by atoms with Crippen molar-refractivity contribution in [2.75, 3.05) is 12.3 Å². The van der Waals surface area contributed by atoms with Gasteiger partial charge in [-0.1, -0.05) is 31.9 Å². The third kappa shape index (κ3) is 3.73. The van der Waals surface area contributed by atoms with Gasteiger partial charge in [0, 0.05) is 5.69 Å². The third-order valence-electron chi connectivity index (χ3n) is 3.17. The van der Waals surface area contributed by atoms with E-state index in [1.165, 1.54) is 0 Å². The van der Waals surface area contributed by atoms with Gasteiger partial charge in [0.2, 0.25) is 0 Å². The summed E-state index contributed by atoms with van der Waals surface area (Å²) in [5.41, 5.74) is 12.3. The summed E-state index contributed by atoms with van der Waals surface area (Å²) in [6.45, 7) is 4.09. The number of hydrogen-bond acceptors (Lipinski definition) is 4. The Bertz CT molecular complexity index is 486. The van der Waals surface area contributed by atoms with E-state index >= 15 is 0 Å². The molecule has 1 amide bonds. The Morgan fingerprint density at radius 3 is 2.55 bits per heavy atom. The van der Waals surface area contributed by atoms with Gasteiger partial charge in [-0.15, -0.1) is 0 Å². The number of hydrogen-bond donors (Lipinski definition) is 2. The zero-order valence-electron chi connectivity index (χ0n) is 12.0. The molecule has 0 fully saturated rings. The fourth-order valence-corrected chi connectivity index (χ4v) is 2.22. The van der Waals surface area contributed by atoms with Gasteiger partial charge in [-0.25, -0.2) is 0 Å². The van der Waals surface area contributed by atoms with Gasteiger partial charge in [-0.2, -0.15) is 0 Å². The van der Waals surface area contributed by atoms with Gasteiger partial charge in [0.1, 0.15) is 0 Å². The van der Waals surface area contributed by atoms with Crippen LogP contribution >= 0.6 is 0 Å². The van der Waals surface area contributed by atoms with Crippen LogP contribution in [-0.4, -0.2) is 18.5 Å². The van der Waals surface area contributed by atoms with E-state index in [0.29, 0.717) is 24.3 Å². The average molecular weight is 278 g/mol. The van der Waals surface area contributed by atoms with Crippen molar-refractivity contribution in [3.8, 4) is 0 Å². The highest BCUT2D eigenvalue weighted by atomic mass is 16.5. The lowest BCUT2D eigenvalue weighted by Crippen LogP contribution is -2.22. The zero-order valence-corrected chi connectivity index (χ0v) is 12.0. The lowest BCUT2D eigenvalue weighted by atomic mass is 9.89. The Kier molecular flexibility index (Phi) is 6.03. The molecule has 1 atom stereocenters. The summed E-state index contributed by atoms with van der Waals surface area (Å²) in [5, 5.41) is 0. The standard InChI is InChI=1S/C15H22N2O3/c1-3-5-7-11(15(19)20-4-2)10-8-6-9-12(16)13(10)14(17)18/h6,8-9,11H,3-5,7,16H2,1-2H3,(H2,17,18). The molecule has 0 aliphatic carbocycles. The topological polar surface area (TPSA) is 95.4 Å². The smallest absolute Gasteiger partial charge is 0.313 e. The molecule has 5 heteroatoms. The predicted octanol–water partition coefficient (Wildman–Crippen LogP) is 2.20. The zero-order chi connectivity index (χ0) is 15.1. The second-order valence-electron chi connectivity index (χ2n) is 4.62. The molecule has 0 saturated heterocycles. The normalized spacial score (nSPS) is 11.9. The molecule has 0 bridgehead atoms. The van der Waals surface area contributed by atoms with Crippen molar-refractivity contribution >= 4 is 17.6 Å². The van der Waals surface area contributed by atoms with E-state index in [1.807, 2.05) is 6.92 Å². The van der Waals surface area contributed by atoms with Crippen LogP contribution in [0.1, 0.15) is 54.9 Å². The maximum absolute atomic E-state index is 12.1. The van der Waals surface area contributed by atoms with E-state index in [-0.39, 0.29) is 11.5 Å². The molecule has 20 heavy (non-hydrogen) atoms. The lowest BCUT2D eigenvalue weighted by Gasteiger charge is -2.19. The maximum Gasteiger partial charge on any atom is 0.313 e. The first kappa shape index (κ1) is 16.0. The quantitative estimate of drug-likeness (QED) is 0.590. The lowest BCUT2D eigenvalue weighted by molar-refractivity contribution is -0.145. The van der Waals surface area contributed by atoms with Gasteiger partial charge in [0.25, 0.3) is 5.91 Å². The molecular weight excluding hydrogens is 256 g/mol. The summed E-state index contributed by atoms with van der Waals surface area (Å²) in [6, 6.07) is 5.04. The van der Waals surface area contributed by atoms with Gasteiger partial charge >= 0.3 is 5.97 Å². The Labute approximate surface area is 119 Å². The minimum atomic E-state index is -0.621. The molecule has 0 radical (unpaired) electrons. The van der Waals surface area contributed by atoms with Crippen molar-refractivity contribution < 1.29 is 14.3 Å². The number of carbonyl (C=O) groups is 2. The van der Waals surface area contributed by atoms with Gasteiger partial charge in [0.05, 0.1) is 18.1 Å². The fourth-order valence-electron chi connectivity index (χ4n) is 2.22. The Morgan fingerprint density at radius 2 is 2.00 bits per heavy atom. The van der Waals surface area contributed by atoms with Crippen LogP contribution in [0.15, 0.2) is 18.2 Å². The number of unbranched alkanes of at least 4 members (excludes halogenated alkanes) is 1. The van der Waals surface area contributed by atoms with Crippen molar-refractivity contribution in [2.24, 2.45) is 5.73 Å². The molecule has 0 saturated carbocycles. The fraction of sp³-hybridized carbons (Fsp3) is 0.467. The summed E-state index contributed by atoms with van der Waals surface area (Å²) >= 11 is 0. The number of esters is 1. The molecule has 1 unspecified atom stereocenters. The largest absolute Gasteiger partial charge is 0.466 e. The second kappa shape index (κ2) is 7.53. The maximum atomic E-state index is 12.1. The molecule has 1 aromatic carbocycles. The molecule has 0 aromatic heterocycles. The number of nitrogen functional groups attached to an aromatic ring is 1. The molecule has 110 valence electrons. The molecule has 1 rings (SSSR count). The molecule has 0 spiro atoms. The third-order valence-corrected chi connectivity index (χ3v) is 3.17.